The van der Waals surface area contributed by atoms with Gasteiger partial charge in [0.2, 0.25) is 0 Å². The van der Waals surface area contributed by atoms with Crippen molar-refractivity contribution < 1.29 is 10.2 Å². The predicted molar refractivity (Wildman–Crippen MR) is 155 cm³/mol. The molecule has 0 spiro atoms. The number of hydrogen-bond acceptors (Lipinski definition) is 3. The zero-order valence-electron chi connectivity index (χ0n) is 26.0. The highest BCUT2D eigenvalue weighted by Gasteiger charge is 2.62. The van der Waals surface area contributed by atoms with E-state index in [0.29, 0.717) is 0 Å². The fourth-order valence-corrected chi connectivity index (χ4v) is 10.1. The van der Waals surface area contributed by atoms with Crippen LogP contribution in [0.15, 0.2) is 22.0 Å². The second kappa shape index (κ2) is 8.63. The van der Waals surface area contributed by atoms with Crippen LogP contribution in [0.2, 0.25) is 0 Å². The molecule has 35 heavy (non-hydrogen) atoms. The molecule has 2 aliphatic carbocycles. The monoisotopic (exact) mass is 506 g/mol. The molecule has 2 N–H and O–H groups in total. The Labute approximate surface area is 222 Å². The van der Waals surface area contributed by atoms with Gasteiger partial charge in [0.05, 0.1) is 12.2 Å². The average molecular weight is 507 g/mol. The Morgan fingerprint density at radius 3 is 1.00 bits per heavy atom. The fraction of sp³-hybridized carbons (Fsp3) is 0.875. The van der Waals surface area contributed by atoms with Crippen LogP contribution < -0.4 is 0 Å². The minimum Gasteiger partial charge on any atom is -0.387 e. The number of aliphatic hydroxyl groups excluding tert-OH is 2. The van der Waals surface area contributed by atoms with Crippen molar-refractivity contribution in [1.82, 2.24) is 0 Å². The van der Waals surface area contributed by atoms with E-state index in [1.807, 2.05) is 0 Å². The molecule has 0 heterocycles. The third-order valence-corrected chi connectivity index (χ3v) is 10.8. The van der Waals surface area contributed by atoms with E-state index in [1.165, 1.54) is 0 Å². The van der Waals surface area contributed by atoms with E-state index in [0.717, 1.165) is 22.7 Å². The Hall–Kier alpha value is -0.250. The van der Waals surface area contributed by atoms with Crippen molar-refractivity contribution in [3.05, 3.63) is 22.0 Å². The molecule has 2 nitrogen and oxygen atoms in total. The van der Waals surface area contributed by atoms with Gasteiger partial charge in [-0.05, 0) is 45.3 Å². The summed E-state index contributed by atoms with van der Waals surface area (Å²) in [6, 6.07) is 0. The molecule has 0 radical (unpaired) electrons. The maximum absolute atomic E-state index is 12.2. The lowest BCUT2D eigenvalue weighted by Crippen LogP contribution is -2.59. The molecule has 0 aromatic carbocycles. The molecule has 3 heteroatoms. The van der Waals surface area contributed by atoms with Gasteiger partial charge in [-0.15, -0.1) is 0 Å². The van der Waals surface area contributed by atoms with Gasteiger partial charge >= 0.3 is 0 Å². The van der Waals surface area contributed by atoms with E-state index in [1.54, 1.807) is 11.8 Å². The Morgan fingerprint density at radius 1 is 0.571 bits per heavy atom. The van der Waals surface area contributed by atoms with Crippen molar-refractivity contribution in [3.63, 3.8) is 0 Å². The first-order valence-corrected chi connectivity index (χ1v) is 14.5. The van der Waals surface area contributed by atoms with Crippen molar-refractivity contribution in [2.24, 2.45) is 43.3 Å². The van der Waals surface area contributed by atoms with Crippen LogP contribution in [0.1, 0.15) is 124 Å². The first-order chi connectivity index (χ1) is 15.2. The standard InChI is InChI=1S/C32H58O2S/c1-25(2,3)31(26(4,5)6)19-29(13,14)17-21(23(31)33)35-22-18-30(15,16)20-32(24(22)34,27(7,8)9)28(10,11)12/h17-18,23-24,33-34H,19-20H2,1-16H3. The molecule has 0 fully saturated rings. The first-order valence-electron chi connectivity index (χ1n) is 13.6. The third-order valence-electron chi connectivity index (χ3n) is 9.60. The maximum atomic E-state index is 12.2. The van der Waals surface area contributed by atoms with Crippen LogP contribution in [0, 0.1) is 43.3 Å². The Morgan fingerprint density at radius 2 is 0.800 bits per heavy atom. The zero-order chi connectivity index (χ0) is 27.8. The number of rotatable bonds is 2. The van der Waals surface area contributed by atoms with Gasteiger partial charge in [-0.25, -0.2) is 0 Å². The molecule has 0 aromatic rings. The molecule has 2 rings (SSSR count). The van der Waals surface area contributed by atoms with Gasteiger partial charge in [-0.2, -0.15) is 0 Å². The predicted octanol–water partition coefficient (Wildman–Crippen LogP) is 9.23. The summed E-state index contributed by atoms with van der Waals surface area (Å²) in [5, 5.41) is 24.4. The van der Waals surface area contributed by atoms with Crippen LogP contribution in [0.4, 0.5) is 0 Å². The molecular formula is C32H58O2S. The smallest absolute Gasteiger partial charge is 0.0915 e. The van der Waals surface area contributed by atoms with Crippen molar-refractivity contribution in [2.45, 2.75) is 136 Å². The van der Waals surface area contributed by atoms with Gasteiger partial charge in [0.15, 0.2) is 0 Å². The highest BCUT2D eigenvalue weighted by molar-refractivity contribution is 8.06. The molecule has 0 saturated heterocycles. The highest BCUT2D eigenvalue weighted by Crippen LogP contribution is 2.67. The largest absolute Gasteiger partial charge is 0.387 e. The topological polar surface area (TPSA) is 40.5 Å². The molecule has 0 saturated carbocycles. The summed E-state index contributed by atoms with van der Waals surface area (Å²) < 4.78 is 0. The van der Waals surface area contributed by atoms with Crippen molar-refractivity contribution in [3.8, 4) is 0 Å². The van der Waals surface area contributed by atoms with Crippen LogP contribution in [0.25, 0.3) is 0 Å². The van der Waals surface area contributed by atoms with Gasteiger partial charge in [0, 0.05) is 20.6 Å². The van der Waals surface area contributed by atoms with Crippen molar-refractivity contribution >= 4 is 11.8 Å². The van der Waals surface area contributed by atoms with E-state index in [2.05, 4.69) is 123 Å². The van der Waals surface area contributed by atoms with Crippen LogP contribution in [0.3, 0.4) is 0 Å². The van der Waals surface area contributed by atoms with Gasteiger partial charge in [-0.1, -0.05) is 135 Å². The summed E-state index contributed by atoms with van der Waals surface area (Å²) in [4.78, 5) is 2.01. The van der Waals surface area contributed by atoms with Gasteiger partial charge in [-0.3, -0.25) is 0 Å². The molecule has 0 aliphatic heterocycles. The zero-order valence-corrected chi connectivity index (χ0v) is 26.8. The molecule has 2 unspecified atom stereocenters. The number of allylic oxidation sites excluding steroid dienone is 2. The van der Waals surface area contributed by atoms with Crippen LogP contribution in [-0.2, 0) is 0 Å². The summed E-state index contributed by atoms with van der Waals surface area (Å²) in [5.41, 5.74) is -1.10. The lowest BCUT2D eigenvalue weighted by molar-refractivity contribution is -0.139. The van der Waals surface area contributed by atoms with Gasteiger partial charge in [0.25, 0.3) is 0 Å². The summed E-state index contributed by atoms with van der Waals surface area (Å²) in [5.74, 6) is 0. The van der Waals surface area contributed by atoms with E-state index in [9.17, 15) is 10.2 Å². The van der Waals surface area contributed by atoms with Crippen molar-refractivity contribution in [1.29, 1.82) is 0 Å². The molecule has 204 valence electrons. The summed E-state index contributed by atoms with van der Waals surface area (Å²) in [7, 11) is 0. The third kappa shape index (κ3) is 5.09. The summed E-state index contributed by atoms with van der Waals surface area (Å²) >= 11 is 1.65. The van der Waals surface area contributed by atoms with Crippen LogP contribution in [0.5, 0.6) is 0 Å². The number of aliphatic hydroxyl groups is 2. The molecule has 0 bridgehead atoms. The second-order valence-corrected chi connectivity index (χ2v) is 18.4. The van der Waals surface area contributed by atoms with E-state index in [-0.39, 0.29) is 43.3 Å². The SMILES string of the molecule is CC1(C)C=C(SC2=CC(C)(C)CC(C(C)(C)C)(C(C)(C)C)C2O)C(O)C(C(C)(C)C)(C(C)(C)C)C1. The van der Waals surface area contributed by atoms with Crippen LogP contribution in [-0.4, -0.2) is 22.4 Å². The van der Waals surface area contributed by atoms with E-state index >= 15 is 0 Å². The van der Waals surface area contributed by atoms with Gasteiger partial charge < -0.3 is 10.2 Å². The quantitative estimate of drug-likeness (QED) is 0.392. The lowest BCUT2D eigenvalue weighted by atomic mass is 9.45. The molecular weight excluding hydrogens is 448 g/mol. The Balaban J connectivity index is 2.73. The number of thioether (sulfide) groups is 1. The lowest BCUT2D eigenvalue weighted by Gasteiger charge is -2.62. The first kappa shape index (κ1) is 31.0. The second-order valence-electron chi connectivity index (χ2n) is 17.3. The minimum atomic E-state index is -0.586. The fourth-order valence-electron chi connectivity index (χ4n) is 8.40. The van der Waals surface area contributed by atoms with E-state index in [4.69, 9.17) is 0 Å². The Bertz CT molecular complexity index is 759. The van der Waals surface area contributed by atoms with Crippen molar-refractivity contribution in [2.75, 3.05) is 0 Å². The molecule has 2 atom stereocenters. The number of hydrogen-bond donors (Lipinski definition) is 2. The Kier molecular flexibility index (Phi) is 7.64. The highest BCUT2D eigenvalue weighted by atomic mass is 32.2. The summed E-state index contributed by atoms with van der Waals surface area (Å²) in [6.07, 6.45) is 5.28. The minimum absolute atomic E-state index is 0.0526. The summed E-state index contributed by atoms with van der Waals surface area (Å²) in [6.45, 7) is 36.6. The molecule has 0 aromatic heterocycles. The molecule has 2 aliphatic rings. The van der Waals surface area contributed by atoms with Gasteiger partial charge in [0.1, 0.15) is 0 Å². The molecule has 0 amide bonds. The van der Waals surface area contributed by atoms with Crippen LogP contribution >= 0.6 is 11.8 Å². The average Bonchev–Trinajstić information content (AvgIpc) is 2.55. The maximum Gasteiger partial charge on any atom is 0.0915 e. The van der Waals surface area contributed by atoms with E-state index < -0.39 is 12.2 Å². The normalized spacial score (nSPS) is 28.9.